The van der Waals surface area contributed by atoms with Crippen LogP contribution in [0.25, 0.3) is 0 Å². The highest BCUT2D eigenvalue weighted by atomic mass is 79.9. The molecule has 0 aliphatic rings. The lowest BCUT2D eigenvalue weighted by Gasteiger charge is -2.26. The summed E-state index contributed by atoms with van der Waals surface area (Å²) in [7, 11) is 0. The minimum absolute atomic E-state index is 0.328. The molecule has 0 saturated carbocycles. The zero-order valence-corrected chi connectivity index (χ0v) is 14.0. The summed E-state index contributed by atoms with van der Waals surface area (Å²) in [5, 5.41) is 0.644. The molecule has 5 heteroatoms. The zero-order valence-electron chi connectivity index (χ0n) is 11.7. The van der Waals surface area contributed by atoms with E-state index >= 15 is 0 Å². The average molecular weight is 349 g/mol. The summed E-state index contributed by atoms with van der Waals surface area (Å²) < 4.78 is 6.30. The van der Waals surface area contributed by atoms with Gasteiger partial charge >= 0.3 is 6.09 Å². The van der Waals surface area contributed by atoms with Gasteiger partial charge in [-0.25, -0.2) is 4.79 Å². The van der Waals surface area contributed by atoms with Crippen LogP contribution in [0.15, 0.2) is 22.7 Å². The van der Waals surface area contributed by atoms with Crippen LogP contribution in [-0.2, 0) is 11.3 Å². The Balaban J connectivity index is 2.82. The maximum Gasteiger partial charge on any atom is 0.410 e. The van der Waals surface area contributed by atoms with Gasteiger partial charge in [0.15, 0.2) is 0 Å². The van der Waals surface area contributed by atoms with E-state index in [9.17, 15) is 4.79 Å². The van der Waals surface area contributed by atoms with E-state index < -0.39 is 5.60 Å². The van der Waals surface area contributed by atoms with E-state index in [4.69, 9.17) is 16.3 Å². The van der Waals surface area contributed by atoms with E-state index in [2.05, 4.69) is 15.9 Å². The van der Waals surface area contributed by atoms with Crippen LogP contribution in [-0.4, -0.2) is 23.1 Å². The van der Waals surface area contributed by atoms with E-state index in [0.717, 1.165) is 10.0 Å². The van der Waals surface area contributed by atoms with Gasteiger partial charge in [-0.15, -0.1) is 0 Å². The van der Waals surface area contributed by atoms with Crippen LogP contribution in [0, 0.1) is 0 Å². The number of amides is 1. The Morgan fingerprint density at radius 2 is 2.05 bits per heavy atom. The largest absolute Gasteiger partial charge is 0.444 e. The van der Waals surface area contributed by atoms with Crippen molar-refractivity contribution in [1.29, 1.82) is 0 Å². The lowest BCUT2D eigenvalue weighted by atomic mass is 10.2. The van der Waals surface area contributed by atoms with E-state index in [0.29, 0.717) is 18.1 Å². The number of hydrogen-bond donors (Lipinski definition) is 0. The quantitative estimate of drug-likeness (QED) is 0.780. The van der Waals surface area contributed by atoms with Gasteiger partial charge in [0.1, 0.15) is 5.60 Å². The molecule has 0 N–H and O–H groups in total. The molecule has 1 aromatic carbocycles. The van der Waals surface area contributed by atoms with Crippen molar-refractivity contribution in [1.82, 2.24) is 4.90 Å². The Morgan fingerprint density at radius 3 is 2.58 bits per heavy atom. The Bertz CT molecular complexity index is 457. The molecule has 19 heavy (non-hydrogen) atoms. The van der Waals surface area contributed by atoms with Gasteiger partial charge in [-0.05, 0) is 51.5 Å². The summed E-state index contributed by atoms with van der Waals surface area (Å²) in [4.78, 5) is 13.7. The Hall–Kier alpha value is -0.740. The van der Waals surface area contributed by atoms with E-state index in [1.54, 1.807) is 4.90 Å². The van der Waals surface area contributed by atoms with Crippen LogP contribution < -0.4 is 0 Å². The first-order valence-electron chi connectivity index (χ1n) is 6.15. The monoisotopic (exact) mass is 347 g/mol. The average Bonchev–Trinajstić information content (AvgIpc) is 2.27. The van der Waals surface area contributed by atoms with Crippen molar-refractivity contribution in [2.75, 3.05) is 6.54 Å². The Kier molecular flexibility index (Phi) is 5.68. The van der Waals surface area contributed by atoms with Gasteiger partial charge in [0.25, 0.3) is 0 Å². The molecule has 0 aliphatic carbocycles. The summed E-state index contributed by atoms with van der Waals surface area (Å²) in [6.45, 7) is 8.47. The SMILES string of the molecule is CCN(Cc1cc(Br)ccc1Cl)C(=O)OC(C)(C)C. The molecule has 0 aromatic heterocycles. The fourth-order valence-electron chi connectivity index (χ4n) is 1.50. The van der Waals surface area contributed by atoms with Crippen LogP contribution in [0.2, 0.25) is 5.02 Å². The van der Waals surface area contributed by atoms with Gasteiger partial charge in [-0.1, -0.05) is 27.5 Å². The molecular weight excluding hydrogens is 330 g/mol. The van der Waals surface area contributed by atoms with Crippen molar-refractivity contribution in [3.63, 3.8) is 0 Å². The molecule has 0 heterocycles. The third-order valence-electron chi connectivity index (χ3n) is 2.40. The minimum atomic E-state index is -0.494. The van der Waals surface area contributed by atoms with Crippen LogP contribution in [0.3, 0.4) is 0 Å². The first kappa shape index (κ1) is 16.3. The molecule has 0 bridgehead atoms. The first-order chi connectivity index (χ1) is 8.73. The second-order valence-corrected chi connectivity index (χ2v) is 6.55. The number of ether oxygens (including phenoxy) is 1. The van der Waals surface area contributed by atoms with E-state index in [1.165, 1.54) is 0 Å². The standard InChI is InChI=1S/C14H19BrClNO2/c1-5-17(13(18)19-14(2,3)4)9-10-8-11(15)6-7-12(10)16/h6-8H,5,9H2,1-4H3. The topological polar surface area (TPSA) is 29.5 Å². The lowest BCUT2D eigenvalue weighted by molar-refractivity contribution is 0.0244. The fraction of sp³-hybridized carbons (Fsp3) is 0.500. The molecule has 1 aromatic rings. The predicted molar refractivity (Wildman–Crippen MR) is 81.5 cm³/mol. The fourth-order valence-corrected chi connectivity index (χ4v) is 2.09. The second kappa shape index (κ2) is 6.62. The second-order valence-electron chi connectivity index (χ2n) is 5.23. The van der Waals surface area contributed by atoms with Crippen molar-refractivity contribution >= 4 is 33.6 Å². The van der Waals surface area contributed by atoms with Crippen molar-refractivity contribution in [3.8, 4) is 0 Å². The predicted octanol–water partition coefficient (Wildman–Crippen LogP) is 4.86. The van der Waals surface area contributed by atoms with Gasteiger partial charge < -0.3 is 9.64 Å². The van der Waals surface area contributed by atoms with Crippen molar-refractivity contribution in [3.05, 3.63) is 33.3 Å². The molecule has 0 unspecified atom stereocenters. The molecule has 0 saturated heterocycles. The third-order valence-corrected chi connectivity index (χ3v) is 3.26. The van der Waals surface area contributed by atoms with Gasteiger partial charge in [0.2, 0.25) is 0 Å². The normalized spacial score (nSPS) is 11.3. The molecule has 1 amide bonds. The Morgan fingerprint density at radius 1 is 1.42 bits per heavy atom. The van der Waals surface area contributed by atoms with Crippen LogP contribution >= 0.6 is 27.5 Å². The summed E-state index contributed by atoms with van der Waals surface area (Å²) in [6, 6.07) is 5.59. The maximum absolute atomic E-state index is 12.0. The highest BCUT2D eigenvalue weighted by molar-refractivity contribution is 9.10. The summed E-state index contributed by atoms with van der Waals surface area (Å²) in [5.41, 5.74) is 0.398. The highest BCUT2D eigenvalue weighted by Crippen LogP contribution is 2.23. The third kappa shape index (κ3) is 5.41. The van der Waals surface area contributed by atoms with Crippen LogP contribution in [0.1, 0.15) is 33.3 Å². The summed E-state index contributed by atoms with van der Waals surface area (Å²) in [5.74, 6) is 0. The molecule has 3 nitrogen and oxygen atoms in total. The molecule has 0 atom stereocenters. The van der Waals surface area contributed by atoms with Gasteiger partial charge in [0.05, 0.1) is 6.54 Å². The van der Waals surface area contributed by atoms with E-state index in [1.807, 2.05) is 45.9 Å². The highest BCUT2D eigenvalue weighted by Gasteiger charge is 2.21. The van der Waals surface area contributed by atoms with Gasteiger partial charge in [-0.2, -0.15) is 0 Å². The van der Waals surface area contributed by atoms with Crippen molar-refractivity contribution in [2.45, 2.75) is 39.8 Å². The smallest absolute Gasteiger partial charge is 0.410 e. The molecule has 0 aliphatic heterocycles. The van der Waals surface area contributed by atoms with Gasteiger partial charge in [0, 0.05) is 16.0 Å². The number of benzene rings is 1. The number of nitrogens with zero attached hydrogens (tertiary/aromatic N) is 1. The maximum atomic E-state index is 12.0. The molecule has 0 spiro atoms. The van der Waals surface area contributed by atoms with Crippen molar-refractivity contribution in [2.24, 2.45) is 0 Å². The van der Waals surface area contributed by atoms with E-state index in [-0.39, 0.29) is 6.09 Å². The molecular formula is C14H19BrClNO2. The summed E-state index contributed by atoms with van der Waals surface area (Å²) >= 11 is 9.54. The number of carbonyl (C=O) groups is 1. The van der Waals surface area contributed by atoms with Gasteiger partial charge in [-0.3, -0.25) is 0 Å². The Labute approximate surface area is 128 Å². The number of carbonyl (C=O) groups excluding carboxylic acids is 1. The number of halogens is 2. The number of hydrogen-bond acceptors (Lipinski definition) is 2. The van der Waals surface area contributed by atoms with Crippen molar-refractivity contribution < 1.29 is 9.53 Å². The van der Waals surface area contributed by atoms with Crippen LogP contribution in [0.5, 0.6) is 0 Å². The minimum Gasteiger partial charge on any atom is -0.444 e. The first-order valence-corrected chi connectivity index (χ1v) is 7.32. The molecule has 0 fully saturated rings. The molecule has 106 valence electrons. The molecule has 0 radical (unpaired) electrons. The lowest BCUT2D eigenvalue weighted by Crippen LogP contribution is -2.36. The van der Waals surface area contributed by atoms with Crippen LogP contribution in [0.4, 0.5) is 4.79 Å². The summed E-state index contributed by atoms with van der Waals surface area (Å²) in [6.07, 6.45) is -0.328. The zero-order chi connectivity index (χ0) is 14.6. The number of rotatable bonds is 3. The molecule has 1 rings (SSSR count).